The van der Waals surface area contributed by atoms with Gasteiger partial charge < -0.3 is 15.1 Å². The van der Waals surface area contributed by atoms with Crippen LogP contribution in [0.2, 0.25) is 0 Å². The van der Waals surface area contributed by atoms with E-state index in [4.69, 9.17) is 4.74 Å². The molecule has 34 heavy (non-hydrogen) atoms. The van der Waals surface area contributed by atoms with Crippen LogP contribution >= 0.6 is 0 Å². The van der Waals surface area contributed by atoms with Crippen molar-refractivity contribution in [2.24, 2.45) is 0 Å². The van der Waals surface area contributed by atoms with E-state index in [0.29, 0.717) is 11.4 Å². The molecule has 0 radical (unpaired) electrons. The highest BCUT2D eigenvalue weighted by molar-refractivity contribution is 5.96. The van der Waals surface area contributed by atoms with Crippen molar-refractivity contribution in [3.8, 4) is 5.75 Å². The second-order valence-electron chi connectivity index (χ2n) is 9.14. The third-order valence-corrected chi connectivity index (χ3v) is 6.80. The lowest BCUT2D eigenvalue weighted by Gasteiger charge is -2.34. The maximum Gasteiger partial charge on any atom is 0.340 e. The number of urea groups is 1. The number of carbonyl (C=O) groups is 2. The molecular formula is C25H30N6O3. The molecule has 2 aromatic rings. The Hall–Kier alpha value is -3.56. The summed E-state index contributed by atoms with van der Waals surface area (Å²) < 4.78 is 5.34. The third kappa shape index (κ3) is 3.97. The molecular weight excluding hydrogens is 432 g/mol. The molecule has 9 nitrogen and oxygen atoms in total. The minimum atomic E-state index is -0.303. The SMILES string of the molecule is COc1ccc(C)cc1NC(=O)CN1NC2C3CC(c4ccc(C)c(C)c4)NN3C=CN2C1=O. The lowest BCUT2D eigenvalue weighted by atomic mass is 9.97. The molecule has 5 rings (SSSR count). The fourth-order valence-corrected chi connectivity index (χ4v) is 4.78. The van der Waals surface area contributed by atoms with Crippen LogP contribution in [0.25, 0.3) is 0 Å². The minimum absolute atomic E-state index is 0.0329. The maximum absolute atomic E-state index is 13.0. The Kier molecular flexibility index (Phi) is 5.66. The van der Waals surface area contributed by atoms with Crippen LogP contribution in [0.1, 0.15) is 34.7 Å². The highest BCUT2D eigenvalue weighted by atomic mass is 16.5. The van der Waals surface area contributed by atoms with Crippen molar-refractivity contribution in [3.63, 3.8) is 0 Å². The van der Waals surface area contributed by atoms with Crippen molar-refractivity contribution >= 4 is 17.6 Å². The van der Waals surface area contributed by atoms with Gasteiger partial charge in [-0.15, -0.1) is 0 Å². The lowest BCUT2D eigenvalue weighted by molar-refractivity contribution is -0.117. The Morgan fingerprint density at radius 1 is 1.09 bits per heavy atom. The van der Waals surface area contributed by atoms with Gasteiger partial charge in [-0.3, -0.25) is 9.69 Å². The predicted octanol–water partition coefficient (Wildman–Crippen LogP) is 2.93. The van der Waals surface area contributed by atoms with E-state index in [1.807, 2.05) is 31.3 Å². The van der Waals surface area contributed by atoms with E-state index in [9.17, 15) is 9.59 Å². The predicted molar refractivity (Wildman–Crippen MR) is 128 cm³/mol. The number of ether oxygens (including phenoxy) is 1. The first-order valence-electron chi connectivity index (χ1n) is 11.4. The van der Waals surface area contributed by atoms with Gasteiger partial charge in [0.2, 0.25) is 5.91 Å². The van der Waals surface area contributed by atoms with Gasteiger partial charge in [-0.2, -0.15) is 0 Å². The van der Waals surface area contributed by atoms with Crippen molar-refractivity contribution < 1.29 is 14.3 Å². The number of anilines is 1. The smallest absolute Gasteiger partial charge is 0.340 e. The highest BCUT2D eigenvalue weighted by Gasteiger charge is 2.48. The molecule has 2 aromatic carbocycles. The average molecular weight is 463 g/mol. The molecule has 3 amide bonds. The Labute approximate surface area is 199 Å². The van der Waals surface area contributed by atoms with Gasteiger partial charge in [0, 0.05) is 12.4 Å². The zero-order valence-electron chi connectivity index (χ0n) is 19.8. The van der Waals surface area contributed by atoms with Crippen LogP contribution in [0.3, 0.4) is 0 Å². The summed E-state index contributed by atoms with van der Waals surface area (Å²) in [5.41, 5.74) is 12.1. The first-order chi connectivity index (χ1) is 16.3. The molecule has 3 unspecified atom stereocenters. The van der Waals surface area contributed by atoms with Crippen molar-refractivity contribution in [1.29, 1.82) is 0 Å². The van der Waals surface area contributed by atoms with Crippen LogP contribution in [-0.2, 0) is 4.79 Å². The summed E-state index contributed by atoms with van der Waals surface area (Å²) in [6.45, 7) is 6.06. The monoisotopic (exact) mass is 462 g/mol. The van der Waals surface area contributed by atoms with E-state index in [-0.39, 0.29) is 36.7 Å². The number of hydrazine groups is 2. The van der Waals surface area contributed by atoms with Crippen LogP contribution in [0, 0.1) is 20.8 Å². The Morgan fingerprint density at radius 3 is 2.68 bits per heavy atom. The summed E-state index contributed by atoms with van der Waals surface area (Å²) in [5, 5.41) is 6.29. The minimum Gasteiger partial charge on any atom is -0.495 e. The first-order valence-corrected chi connectivity index (χ1v) is 11.4. The van der Waals surface area contributed by atoms with Gasteiger partial charge in [-0.25, -0.2) is 20.7 Å². The zero-order chi connectivity index (χ0) is 24.0. The second-order valence-corrected chi connectivity index (χ2v) is 9.14. The molecule has 3 aliphatic rings. The highest BCUT2D eigenvalue weighted by Crippen LogP contribution is 2.35. The maximum atomic E-state index is 13.0. The third-order valence-electron chi connectivity index (χ3n) is 6.80. The van der Waals surface area contributed by atoms with Crippen LogP contribution < -0.4 is 20.9 Å². The molecule has 3 N–H and O–H groups in total. The standard InChI is InChI=1S/C25H30N6O3/c1-15-5-8-22(34-4)20(11-15)26-23(32)14-31-25(33)29-9-10-30-21(24(29)28-31)13-19(27-30)18-7-6-16(2)17(3)12-18/h5-12,19,21,24,27-28H,13-14H2,1-4H3,(H,26,32). The molecule has 3 aliphatic heterocycles. The topological polar surface area (TPSA) is 89.2 Å². The molecule has 0 saturated carbocycles. The van der Waals surface area contributed by atoms with Crippen molar-refractivity contribution in [2.45, 2.75) is 45.4 Å². The number of nitrogens with one attached hydrogen (secondary N) is 3. The van der Waals surface area contributed by atoms with Crippen molar-refractivity contribution in [1.82, 2.24) is 25.8 Å². The summed E-state index contributed by atoms with van der Waals surface area (Å²) in [7, 11) is 1.56. The van der Waals surface area contributed by atoms with Crippen molar-refractivity contribution in [2.75, 3.05) is 19.0 Å². The van der Waals surface area contributed by atoms with Gasteiger partial charge in [-0.1, -0.05) is 24.3 Å². The Balaban J connectivity index is 1.26. The summed E-state index contributed by atoms with van der Waals surface area (Å²) in [4.78, 5) is 27.4. The number of benzene rings is 2. The van der Waals surface area contributed by atoms with Gasteiger partial charge in [-0.05, 0) is 61.6 Å². The molecule has 2 fully saturated rings. The summed E-state index contributed by atoms with van der Waals surface area (Å²) >= 11 is 0. The molecule has 9 heteroatoms. The molecule has 0 aromatic heterocycles. The largest absolute Gasteiger partial charge is 0.495 e. The van der Waals surface area contributed by atoms with Gasteiger partial charge in [0.15, 0.2) is 0 Å². The summed E-state index contributed by atoms with van der Waals surface area (Å²) in [5.74, 6) is 0.271. The van der Waals surface area contributed by atoms with E-state index in [2.05, 4.69) is 53.2 Å². The molecule has 178 valence electrons. The van der Waals surface area contributed by atoms with E-state index in [1.165, 1.54) is 21.7 Å². The van der Waals surface area contributed by atoms with Gasteiger partial charge in [0.1, 0.15) is 18.5 Å². The number of fused-ring (bicyclic) bond motifs is 3. The van der Waals surface area contributed by atoms with Gasteiger partial charge >= 0.3 is 6.03 Å². The average Bonchev–Trinajstić information content (AvgIpc) is 3.37. The Bertz CT molecular complexity index is 1170. The van der Waals surface area contributed by atoms with Crippen molar-refractivity contribution in [3.05, 3.63) is 71.1 Å². The summed E-state index contributed by atoms with van der Waals surface area (Å²) in [6, 6.07) is 12.0. The van der Waals surface area contributed by atoms with Crippen LogP contribution in [0.5, 0.6) is 5.75 Å². The fourth-order valence-electron chi connectivity index (χ4n) is 4.78. The second kappa shape index (κ2) is 8.66. The van der Waals surface area contributed by atoms with Crippen LogP contribution in [0.15, 0.2) is 48.8 Å². The normalized spacial score (nSPS) is 23.2. The fraction of sp³-hybridized carbons (Fsp3) is 0.360. The number of hydrogen-bond donors (Lipinski definition) is 3. The van der Waals surface area contributed by atoms with E-state index < -0.39 is 0 Å². The molecule has 0 aliphatic carbocycles. The molecule has 3 atom stereocenters. The Morgan fingerprint density at radius 2 is 1.91 bits per heavy atom. The molecule has 2 saturated heterocycles. The van der Waals surface area contributed by atoms with Gasteiger partial charge in [0.25, 0.3) is 0 Å². The zero-order valence-corrected chi connectivity index (χ0v) is 19.8. The van der Waals surface area contributed by atoms with E-state index in [0.717, 1.165) is 12.0 Å². The van der Waals surface area contributed by atoms with Crippen LogP contribution in [0.4, 0.5) is 10.5 Å². The number of methoxy groups -OCH3 is 1. The molecule has 0 bridgehead atoms. The number of nitrogens with zero attached hydrogens (tertiary/aromatic N) is 3. The number of amides is 3. The number of carbonyl (C=O) groups excluding carboxylic acids is 2. The van der Waals surface area contributed by atoms with E-state index >= 15 is 0 Å². The number of hydrogen-bond acceptors (Lipinski definition) is 6. The lowest BCUT2D eigenvalue weighted by Crippen LogP contribution is -2.54. The number of rotatable bonds is 5. The quantitative estimate of drug-likeness (QED) is 0.633. The van der Waals surface area contributed by atoms with Gasteiger partial charge in [0.05, 0.1) is 24.9 Å². The summed E-state index contributed by atoms with van der Waals surface area (Å²) in [6.07, 6.45) is 4.22. The molecule has 3 heterocycles. The molecule has 0 spiro atoms. The number of aryl methyl sites for hydroxylation is 3. The van der Waals surface area contributed by atoms with E-state index in [1.54, 1.807) is 18.2 Å². The van der Waals surface area contributed by atoms with Crippen LogP contribution in [-0.4, -0.2) is 52.7 Å². The first kappa shape index (κ1) is 22.2.